The zero-order valence-electron chi connectivity index (χ0n) is 19.9. The van der Waals surface area contributed by atoms with Crippen LogP contribution in [0.5, 0.6) is 5.75 Å². The van der Waals surface area contributed by atoms with Crippen molar-refractivity contribution in [2.75, 3.05) is 6.61 Å². The van der Waals surface area contributed by atoms with Crippen LogP contribution in [0, 0.1) is 6.92 Å². The van der Waals surface area contributed by atoms with Gasteiger partial charge >= 0.3 is 0 Å². The number of aromatic nitrogens is 2. The van der Waals surface area contributed by atoms with Crippen molar-refractivity contribution in [3.63, 3.8) is 0 Å². The maximum atomic E-state index is 13.2. The lowest BCUT2D eigenvalue weighted by Gasteiger charge is -2.21. The molecule has 1 aliphatic heterocycles. The fourth-order valence-corrected chi connectivity index (χ4v) is 5.26. The molecule has 1 amide bonds. The van der Waals surface area contributed by atoms with E-state index in [-0.39, 0.29) is 11.9 Å². The molecular weight excluding hydrogens is 462 g/mol. The fourth-order valence-electron chi connectivity index (χ4n) is 3.81. The Kier molecular flexibility index (Phi) is 7.54. The molecule has 4 rings (SSSR count). The van der Waals surface area contributed by atoms with E-state index in [4.69, 9.17) is 22.1 Å². The van der Waals surface area contributed by atoms with Gasteiger partial charge in [0, 0.05) is 23.4 Å². The summed E-state index contributed by atoms with van der Waals surface area (Å²) in [6, 6.07) is 16.1. The van der Waals surface area contributed by atoms with Gasteiger partial charge in [0.05, 0.1) is 17.2 Å². The lowest BCUT2D eigenvalue weighted by Crippen LogP contribution is -2.36. The van der Waals surface area contributed by atoms with Gasteiger partial charge in [-0.3, -0.25) is 9.69 Å². The van der Waals surface area contributed by atoms with Gasteiger partial charge in [-0.1, -0.05) is 56.0 Å². The zero-order valence-corrected chi connectivity index (χ0v) is 21.6. The number of carbonyl (C=O) groups is 1. The van der Waals surface area contributed by atoms with Crippen LogP contribution in [0.25, 0.3) is 23.0 Å². The van der Waals surface area contributed by atoms with Crippen molar-refractivity contribution in [3.05, 3.63) is 70.8 Å². The topological polar surface area (TPSA) is 47.4 Å². The van der Waals surface area contributed by atoms with Crippen molar-refractivity contribution in [3.8, 4) is 22.7 Å². The molecule has 2 aromatic carbocycles. The zero-order chi connectivity index (χ0) is 24.2. The number of amides is 1. The maximum Gasteiger partial charge on any atom is 0.266 e. The fraction of sp³-hybridized carbons (Fsp3) is 0.296. The number of thioether (sulfide) groups is 1. The molecule has 5 nitrogen and oxygen atoms in total. The summed E-state index contributed by atoms with van der Waals surface area (Å²) in [5, 5.41) is 4.92. The first kappa shape index (κ1) is 24.2. The maximum absolute atomic E-state index is 13.2. The molecule has 1 aromatic heterocycles. The second-order valence-electron chi connectivity index (χ2n) is 8.35. The predicted octanol–water partition coefficient (Wildman–Crippen LogP) is 6.64. The molecule has 0 saturated carbocycles. The van der Waals surface area contributed by atoms with Crippen LogP contribution in [-0.4, -0.2) is 37.6 Å². The van der Waals surface area contributed by atoms with Crippen molar-refractivity contribution in [2.24, 2.45) is 0 Å². The van der Waals surface area contributed by atoms with E-state index in [9.17, 15) is 4.79 Å². The smallest absolute Gasteiger partial charge is 0.266 e. The van der Waals surface area contributed by atoms with Crippen LogP contribution in [-0.2, 0) is 4.79 Å². The molecule has 0 unspecified atom stereocenters. The monoisotopic (exact) mass is 491 g/mol. The summed E-state index contributed by atoms with van der Waals surface area (Å²) in [6.45, 7) is 8.92. The lowest BCUT2D eigenvalue weighted by molar-refractivity contribution is -0.123. The Labute approximate surface area is 210 Å². The summed E-state index contributed by atoms with van der Waals surface area (Å²) in [6.07, 6.45) is 5.70. The predicted molar refractivity (Wildman–Crippen MR) is 144 cm³/mol. The highest BCUT2D eigenvalue weighted by Gasteiger charge is 2.35. The number of rotatable bonds is 8. The SMILES string of the molecule is CCCOc1ccc(-c2nn(-c3ccccc3)cc2/C=C2\SC(=S)N([C@@H](C)CC)C2=O)c(C)c1. The first-order valence-corrected chi connectivity index (χ1v) is 12.8. The third-order valence-electron chi connectivity index (χ3n) is 5.83. The quantitative estimate of drug-likeness (QED) is 0.261. The Balaban J connectivity index is 1.78. The van der Waals surface area contributed by atoms with E-state index in [1.54, 1.807) is 4.90 Å². The summed E-state index contributed by atoms with van der Waals surface area (Å²) in [5.74, 6) is 0.810. The van der Waals surface area contributed by atoms with Crippen molar-refractivity contribution >= 4 is 40.3 Å². The first-order chi connectivity index (χ1) is 16.4. The van der Waals surface area contributed by atoms with Crippen molar-refractivity contribution in [1.82, 2.24) is 14.7 Å². The minimum Gasteiger partial charge on any atom is -0.494 e. The summed E-state index contributed by atoms with van der Waals surface area (Å²) < 4.78 is 8.27. The van der Waals surface area contributed by atoms with Gasteiger partial charge in [0.1, 0.15) is 15.8 Å². The molecule has 0 N–H and O–H groups in total. The van der Waals surface area contributed by atoms with Crippen LogP contribution in [0.2, 0.25) is 0 Å². The van der Waals surface area contributed by atoms with Crippen LogP contribution in [0.3, 0.4) is 0 Å². The molecule has 0 aliphatic carbocycles. The summed E-state index contributed by atoms with van der Waals surface area (Å²) >= 11 is 6.88. The van der Waals surface area contributed by atoms with Gasteiger partial charge in [0.2, 0.25) is 0 Å². The van der Waals surface area contributed by atoms with Gasteiger partial charge < -0.3 is 4.74 Å². The second kappa shape index (κ2) is 10.6. The van der Waals surface area contributed by atoms with Crippen LogP contribution >= 0.6 is 24.0 Å². The Hall–Kier alpha value is -2.90. The summed E-state index contributed by atoms with van der Waals surface area (Å²) in [7, 11) is 0. The summed E-state index contributed by atoms with van der Waals surface area (Å²) in [4.78, 5) is 15.5. The van der Waals surface area contributed by atoms with E-state index < -0.39 is 0 Å². The van der Waals surface area contributed by atoms with E-state index in [0.717, 1.165) is 46.7 Å². The highest BCUT2D eigenvalue weighted by Crippen LogP contribution is 2.37. The molecule has 0 bridgehead atoms. The molecule has 0 radical (unpaired) electrons. The molecule has 1 fully saturated rings. The molecule has 1 saturated heterocycles. The van der Waals surface area contributed by atoms with Crippen molar-refractivity contribution < 1.29 is 9.53 Å². The van der Waals surface area contributed by atoms with Crippen LogP contribution in [0.4, 0.5) is 0 Å². The molecular formula is C27H29N3O2S2. The van der Waals surface area contributed by atoms with Gasteiger partial charge in [-0.05, 0) is 68.7 Å². The third-order valence-corrected chi connectivity index (χ3v) is 7.16. The molecule has 1 aliphatic rings. The molecule has 176 valence electrons. The molecule has 2 heterocycles. The van der Waals surface area contributed by atoms with E-state index in [2.05, 4.69) is 20.8 Å². The number of para-hydroxylation sites is 1. The van der Waals surface area contributed by atoms with Gasteiger partial charge in [0.15, 0.2) is 0 Å². The average Bonchev–Trinajstić information content (AvgIpc) is 3.38. The highest BCUT2D eigenvalue weighted by molar-refractivity contribution is 8.26. The van der Waals surface area contributed by atoms with E-state index in [1.165, 1.54) is 11.8 Å². The number of thiocarbonyl (C=S) groups is 1. The molecule has 34 heavy (non-hydrogen) atoms. The molecule has 7 heteroatoms. The van der Waals surface area contributed by atoms with Crippen molar-refractivity contribution in [2.45, 2.75) is 46.6 Å². The molecule has 3 aromatic rings. The van der Waals surface area contributed by atoms with Gasteiger partial charge in [-0.25, -0.2) is 4.68 Å². The minimum absolute atomic E-state index is 0.0391. The number of hydrogen-bond acceptors (Lipinski definition) is 5. The number of hydrogen-bond donors (Lipinski definition) is 0. The number of nitrogens with zero attached hydrogens (tertiary/aromatic N) is 3. The first-order valence-electron chi connectivity index (χ1n) is 11.6. The van der Waals surface area contributed by atoms with E-state index in [1.807, 2.05) is 72.4 Å². The molecule has 0 spiro atoms. The normalized spacial score (nSPS) is 15.9. The van der Waals surface area contributed by atoms with Gasteiger partial charge in [0.25, 0.3) is 5.91 Å². The van der Waals surface area contributed by atoms with Crippen LogP contribution in [0.15, 0.2) is 59.6 Å². The average molecular weight is 492 g/mol. The number of carbonyl (C=O) groups excluding carboxylic acids is 1. The largest absolute Gasteiger partial charge is 0.494 e. The highest BCUT2D eigenvalue weighted by atomic mass is 32.2. The minimum atomic E-state index is -0.0391. The van der Waals surface area contributed by atoms with E-state index in [0.29, 0.717) is 15.8 Å². The Bertz CT molecular complexity index is 1230. The Morgan fingerprint density at radius 2 is 1.94 bits per heavy atom. The Morgan fingerprint density at radius 3 is 2.62 bits per heavy atom. The summed E-state index contributed by atoms with van der Waals surface area (Å²) in [5.41, 5.74) is 4.71. The van der Waals surface area contributed by atoms with Crippen molar-refractivity contribution in [1.29, 1.82) is 0 Å². The lowest BCUT2D eigenvalue weighted by atomic mass is 10.0. The standard InChI is InChI=1S/C27H29N3O2S2/c1-5-14-32-22-12-13-23(18(3)15-22)25-20(17-29(28-25)21-10-8-7-9-11-21)16-24-26(31)30(19(4)6-2)27(33)34-24/h7-13,15-17,19H,5-6,14H2,1-4H3/b24-16-/t19-/m0/s1. The molecule has 1 atom stereocenters. The third kappa shape index (κ3) is 4.95. The number of aryl methyl sites for hydroxylation is 1. The second-order valence-corrected chi connectivity index (χ2v) is 10.0. The van der Waals surface area contributed by atoms with Crippen LogP contribution in [0.1, 0.15) is 44.7 Å². The number of benzene rings is 2. The van der Waals surface area contributed by atoms with Gasteiger partial charge in [-0.2, -0.15) is 5.10 Å². The Morgan fingerprint density at radius 1 is 1.18 bits per heavy atom. The van der Waals surface area contributed by atoms with Gasteiger partial charge in [-0.15, -0.1) is 0 Å². The number of ether oxygens (including phenoxy) is 1. The van der Waals surface area contributed by atoms with Crippen LogP contribution < -0.4 is 4.74 Å². The van der Waals surface area contributed by atoms with E-state index >= 15 is 0 Å².